The van der Waals surface area contributed by atoms with E-state index < -0.39 is 22.0 Å². The Bertz CT molecular complexity index is 1850. The fourth-order valence-corrected chi connectivity index (χ4v) is 7.52. The topological polar surface area (TPSA) is 109 Å². The number of hydrogen-bond acceptors (Lipinski definition) is 5. The van der Waals surface area contributed by atoms with Crippen molar-refractivity contribution in [2.45, 2.75) is 46.1 Å². The molecule has 1 unspecified atom stereocenters. The van der Waals surface area contributed by atoms with Crippen LogP contribution < -0.4 is 4.74 Å². The van der Waals surface area contributed by atoms with Gasteiger partial charge in [0.2, 0.25) is 0 Å². The molecule has 0 aliphatic carbocycles. The molecule has 1 aliphatic rings. The van der Waals surface area contributed by atoms with Crippen molar-refractivity contribution in [1.29, 1.82) is 0 Å². The van der Waals surface area contributed by atoms with Gasteiger partial charge in [-0.3, -0.25) is 4.79 Å². The van der Waals surface area contributed by atoms with Crippen LogP contribution in [-0.4, -0.2) is 84.2 Å². The highest BCUT2D eigenvalue weighted by atomic mass is 32.2. The van der Waals surface area contributed by atoms with E-state index in [1.54, 1.807) is 0 Å². The first-order valence-corrected chi connectivity index (χ1v) is 18.3. The van der Waals surface area contributed by atoms with E-state index in [0.717, 1.165) is 28.2 Å². The zero-order valence-corrected chi connectivity index (χ0v) is 29.1. The van der Waals surface area contributed by atoms with Gasteiger partial charge in [0.1, 0.15) is 15.6 Å². The third kappa shape index (κ3) is 7.93. The molecular weight excluding hydrogens is 627 g/mol. The van der Waals surface area contributed by atoms with Crippen molar-refractivity contribution in [1.82, 2.24) is 14.4 Å². The molecule has 1 fully saturated rings. The normalized spacial score (nSPS) is 16.1. The van der Waals surface area contributed by atoms with Gasteiger partial charge in [0, 0.05) is 49.3 Å². The van der Waals surface area contributed by atoms with Crippen molar-refractivity contribution in [2.75, 3.05) is 38.2 Å². The summed E-state index contributed by atoms with van der Waals surface area (Å²) >= 11 is 0. The first-order chi connectivity index (χ1) is 22.7. The van der Waals surface area contributed by atoms with Crippen LogP contribution in [0.3, 0.4) is 0 Å². The molecule has 2 amide bonds. The number of piperazine rings is 1. The van der Waals surface area contributed by atoms with Crippen LogP contribution in [0.4, 0.5) is 4.79 Å². The smallest absolute Gasteiger partial charge is 0.407 e. The van der Waals surface area contributed by atoms with Crippen molar-refractivity contribution in [3.63, 3.8) is 0 Å². The Morgan fingerprint density at radius 1 is 0.938 bits per heavy atom. The van der Waals surface area contributed by atoms with Crippen molar-refractivity contribution in [3.8, 4) is 22.7 Å². The predicted molar refractivity (Wildman–Crippen MR) is 189 cm³/mol. The maximum absolute atomic E-state index is 14.9. The molecule has 48 heavy (non-hydrogen) atoms. The number of carboxylic acid groups (broad SMARTS) is 1. The fourth-order valence-electron chi connectivity index (χ4n) is 6.87. The van der Waals surface area contributed by atoms with Gasteiger partial charge in [0.15, 0.2) is 0 Å². The summed E-state index contributed by atoms with van der Waals surface area (Å²) in [4.78, 5) is 30.5. The van der Waals surface area contributed by atoms with E-state index in [2.05, 4.69) is 32.9 Å². The summed E-state index contributed by atoms with van der Waals surface area (Å²) in [6, 6.07) is 28.9. The SMILES string of the molecule is Cc1cc(C(=O)N2CCN(C(=O)O)C[C@H]2C(c2ccccc2)C(C)(C)C)c(-c2ccccc2)n1-c1cccc(OCCCS(C)(=O)=O)c1. The molecule has 0 saturated carbocycles. The van der Waals surface area contributed by atoms with Crippen LogP contribution >= 0.6 is 0 Å². The highest BCUT2D eigenvalue weighted by molar-refractivity contribution is 7.90. The third-order valence-electron chi connectivity index (χ3n) is 8.89. The van der Waals surface area contributed by atoms with Gasteiger partial charge in [-0.25, -0.2) is 13.2 Å². The Hall–Kier alpha value is -4.57. The second-order valence-corrected chi connectivity index (χ2v) is 15.9. The summed E-state index contributed by atoms with van der Waals surface area (Å²) in [5, 5.41) is 10.0. The molecule has 9 nitrogen and oxygen atoms in total. The van der Waals surface area contributed by atoms with Crippen LogP contribution in [0, 0.1) is 12.3 Å². The van der Waals surface area contributed by atoms with Gasteiger partial charge in [-0.2, -0.15) is 0 Å². The van der Waals surface area contributed by atoms with Crippen LogP contribution in [0.5, 0.6) is 5.75 Å². The van der Waals surface area contributed by atoms with E-state index in [-0.39, 0.29) is 49.2 Å². The van der Waals surface area contributed by atoms with Crippen molar-refractivity contribution < 1.29 is 27.9 Å². The minimum absolute atomic E-state index is 0.0507. The number of benzene rings is 3. The molecular formula is C38H45N3O6S. The predicted octanol–water partition coefficient (Wildman–Crippen LogP) is 6.90. The Kier molecular flexibility index (Phi) is 10.3. The number of sulfone groups is 1. The second-order valence-electron chi connectivity index (χ2n) is 13.6. The minimum atomic E-state index is -3.08. The number of nitrogens with zero attached hydrogens (tertiary/aromatic N) is 3. The molecule has 2 heterocycles. The van der Waals surface area contributed by atoms with Crippen LogP contribution in [0.25, 0.3) is 16.9 Å². The summed E-state index contributed by atoms with van der Waals surface area (Å²) < 4.78 is 31.1. The van der Waals surface area contributed by atoms with E-state index >= 15 is 0 Å². The van der Waals surface area contributed by atoms with Gasteiger partial charge in [-0.15, -0.1) is 0 Å². The number of rotatable bonds is 10. The molecule has 5 rings (SSSR count). The molecule has 4 aromatic rings. The Balaban J connectivity index is 1.58. The molecule has 0 spiro atoms. The zero-order chi connectivity index (χ0) is 34.6. The molecule has 0 radical (unpaired) electrons. The number of aromatic nitrogens is 1. The summed E-state index contributed by atoms with van der Waals surface area (Å²) in [5.41, 5.74) is 4.57. The van der Waals surface area contributed by atoms with Crippen molar-refractivity contribution >= 4 is 21.8 Å². The van der Waals surface area contributed by atoms with Gasteiger partial charge in [-0.05, 0) is 48.1 Å². The summed E-state index contributed by atoms with van der Waals surface area (Å²) in [6.45, 7) is 9.34. The van der Waals surface area contributed by atoms with Gasteiger partial charge in [-0.1, -0.05) is 87.5 Å². The monoisotopic (exact) mass is 671 g/mol. The standard InChI is InChI=1S/C38H45N3O6S/c1-27-24-32(36(42)40-21-20-39(37(43)44)26-33(40)34(38(2,3)4)28-14-8-6-9-15-28)35(29-16-10-7-11-17-29)41(27)30-18-12-19-31(25-30)47-22-13-23-48(5,45)46/h6-12,14-19,24-25,33-34H,13,20-23,26H2,1-5H3,(H,43,44)/t33-,34?/m0/s1. The molecule has 1 aromatic heterocycles. The average Bonchev–Trinajstić information content (AvgIpc) is 3.39. The lowest BCUT2D eigenvalue weighted by molar-refractivity contribution is 0.0283. The van der Waals surface area contributed by atoms with E-state index in [1.807, 2.05) is 95.3 Å². The minimum Gasteiger partial charge on any atom is -0.493 e. The quantitative estimate of drug-likeness (QED) is 0.184. The number of aryl methyl sites for hydroxylation is 1. The summed E-state index contributed by atoms with van der Waals surface area (Å²) in [5.74, 6) is 0.366. The molecule has 2 atom stereocenters. The van der Waals surface area contributed by atoms with Gasteiger partial charge in [0.05, 0.1) is 29.7 Å². The lowest BCUT2D eigenvalue weighted by Crippen LogP contribution is -2.59. The molecule has 0 bridgehead atoms. The average molecular weight is 672 g/mol. The van der Waals surface area contributed by atoms with Crippen LogP contribution in [0.1, 0.15) is 54.7 Å². The first-order valence-electron chi connectivity index (χ1n) is 16.3. The van der Waals surface area contributed by atoms with Crippen LogP contribution in [0.15, 0.2) is 91.0 Å². The second kappa shape index (κ2) is 14.3. The van der Waals surface area contributed by atoms with Gasteiger partial charge in [0.25, 0.3) is 5.91 Å². The van der Waals surface area contributed by atoms with Gasteiger partial charge >= 0.3 is 6.09 Å². The summed E-state index contributed by atoms with van der Waals surface area (Å²) in [6.07, 6.45) is 0.609. The highest BCUT2D eigenvalue weighted by Gasteiger charge is 2.43. The molecule has 1 saturated heterocycles. The molecule has 3 aromatic carbocycles. The Labute approximate surface area is 283 Å². The number of amides is 2. The van der Waals surface area contributed by atoms with Crippen LogP contribution in [0.2, 0.25) is 0 Å². The zero-order valence-electron chi connectivity index (χ0n) is 28.3. The van der Waals surface area contributed by atoms with E-state index in [4.69, 9.17) is 4.74 Å². The van der Waals surface area contributed by atoms with Crippen molar-refractivity contribution in [3.05, 3.63) is 108 Å². The number of carbonyl (C=O) groups is 2. The van der Waals surface area contributed by atoms with E-state index in [0.29, 0.717) is 17.7 Å². The van der Waals surface area contributed by atoms with E-state index in [1.165, 1.54) is 11.2 Å². The summed E-state index contributed by atoms with van der Waals surface area (Å²) in [7, 11) is -3.08. The van der Waals surface area contributed by atoms with Gasteiger partial charge < -0.3 is 24.2 Å². The van der Waals surface area contributed by atoms with Crippen molar-refractivity contribution in [2.24, 2.45) is 5.41 Å². The maximum atomic E-state index is 14.9. The molecule has 254 valence electrons. The fraction of sp³-hybridized carbons (Fsp3) is 0.368. The number of ether oxygens (including phenoxy) is 1. The van der Waals surface area contributed by atoms with E-state index in [9.17, 15) is 23.1 Å². The lowest BCUT2D eigenvalue weighted by atomic mass is 9.71. The number of carbonyl (C=O) groups excluding carboxylic acids is 1. The first kappa shape index (κ1) is 34.8. The molecule has 1 N–H and O–H groups in total. The lowest BCUT2D eigenvalue weighted by Gasteiger charge is -2.48. The number of hydrogen-bond donors (Lipinski definition) is 1. The Morgan fingerprint density at radius 2 is 1.60 bits per heavy atom. The largest absolute Gasteiger partial charge is 0.493 e. The third-order valence-corrected chi connectivity index (χ3v) is 9.92. The Morgan fingerprint density at radius 3 is 2.23 bits per heavy atom. The molecule has 10 heteroatoms. The highest BCUT2D eigenvalue weighted by Crippen LogP contribution is 2.42. The molecule has 1 aliphatic heterocycles. The maximum Gasteiger partial charge on any atom is 0.407 e. The van der Waals surface area contributed by atoms with Crippen LogP contribution in [-0.2, 0) is 9.84 Å².